The van der Waals surface area contributed by atoms with Gasteiger partial charge in [0.1, 0.15) is 10.6 Å². The lowest BCUT2D eigenvalue weighted by Gasteiger charge is -2.13. The van der Waals surface area contributed by atoms with Crippen LogP contribution in [0, 0.1) is 0 Å². The van der Waals surface area contributed by atoms with Crippen molar-refractivity contribution in [3.05, 3.63) is 76.6 Å². The maximum atomic E-state index is 12.8. The van der Waals surface area contributed by atoms with E-state index in [4.69, 9.17) is 33.3 Å². The summed E-state index contributed by atoms with van der Waals surface area (Å²) in [5.41, 5.74) is 1.63. The highest BCUT2D eigenvalue weighted by molar-refractivity contribution is 7.92. The smallest absolute Gasteiger partial charge is 0.349 e. The molecule has 0 radical (unpaired) electrons. The van der Waals surface area contributed by atoms with Crippen molar-refractivity contribution in [2.24, 2.45) is 0 Å². The van der Waals surface area contributed by atoms with Crippen LogP contribution in [0.3, 0.4) is 0 Å². The van der Waals surface area contributed by atoms with Gasteiger partial charge in [0, 0.05) is 21.5 Å². The quantitative estimate of drug-likeness (QED) is 0.187. The lowest BCUT2D eigenvalue weighted by atomic mass is 10.2. The van der Waals surface area contributed by atoms with E-state index in [2.05, 4.69) is 15.4 Å². The van der Waals surface area contributed by atoms with Crippen LogP contribution in [-0.2, 0) is 14.8 Å². The summed E-state index contributed by atoms with van der Waals surface area (Å²) in [4.78, 5) is 12.3. The second kappa shape index (κ2) is 10.7. The van der Waals surface area contributed by atoms with Crippen molar-refractivity contribution in [1.29, 1.82) is 0 Å². The summed E-state index contributed by atoms with van der Waals surface area (Å²) in [5, 5.41) is 7.48. The number of thiocarbonyl (C=S) groups is 1. The van der Waals surface area contributed by atoms with Crippen LogP contribution >= 0.6 is 35.2 Å². The van der Waals surface area contributed by atoms with Gasteiger partial charge >= 0.3 is 5.97 Å². The first kappa shape index (κ1) is 25.7. The molecule has 12 heteroatoms. The third-order valence-electron chi connectivity index (χ3n) is 5.03. The fourth-order valence-electron chi connectivity index (χ4n) is 3.31. The molecular formula is C24H20ClN3O5S3. The number of thiophene rings is 1. The van der Waals surface area contributed by atoms with Gasteiger partial charge in [0.25, 0.3) is 10.0 Å². The number of benzene rings is 3. The number of esters is 1. The fraction of sp³-hybridized carbons (Fsp3) is 0.0833. The number of para-hydroxylation sites is 2. The van der Waals surface area contributed by atoms with Gasteiger partial charge < -0.3 is 20.1 Å². The maximum absolute atomic E-state index is 12.8. The first-order chi connectivity index (χ1) is 17.2. The van der Waals surface area contributed by atoms with Gasteiger partial charge in [-0.25, -0.2) is 13.2 Å². The Balaban J connectivity index is 1.43. The molecule has 1 heterocycles. The average molecular weight is 562 g/mol. The van der Waals surface area contributed by atoms with Crippen molar-refractivity contribution in [3.8, 4) is 5.75 Å². The Morgan fingerprint density at radius 1 is 0.972 bits per heavy atom. The molecule has 4 aromatic rings. The first-order valence-corrected chi connectivity index (χ1v) is 13.4. The molecule has 0 aliphatic carbocycles. The van der Waals surface area contributed by atoms with Crippen LogP contribution in [-0.4, -0.2) is 33.7 Å². The lowest BCUT2D eigenvalue weighted by molar-refractivity contribution is 0.0606. The van der Waals surface area contributed by atoms with Gasteiger partial charge in [-0.05, 0) is 66.8 Å². The summed E-state index contributed by atoms with van der Waals surface area (Å²) in [7, 11) is -1.04. The zero-order valence-corrected chi connectivity index (χ0v) is 22.2. The van der Waals surface area contributed by atoms with Crippen LogP contribution in [0.2, 0.25) is 5.02 Å². The van der Waals surface area contributed by atoms with E-state index in [0.29, 0.717) is 37.8 Å². The molecule has 8 nitrogen and oxygen atoms in total. The SMILES string of the molecule is COC(=O)c1sc2cc(NC(=S)Nc3ccc(S(=O)(=O)Nc4ccccc4OC)cc3)ccc2c1Cl. The van der Waals surface area contributed by atoms with Gasteiger partial charge in [-0.2, -0.15) is 0 Å². The van der Waals surface area contributed by atoms with Crippen molar-refractivity contribution in [3.63, 3.8) is 0 Å². The van der Waals surface area contributed by atoms with E-state index in [0.717, 1.165) is 10.1 Å². The second-order valence-electron chi connectivity index (χ2n) is 7.36. The minimum absolute atomic E-state index is 0.0827. The Bertz CT molecular complexity index is 1550. The van der Waals surface area contributed by atoms with E-state index in [-0.39, 0.29) is 4.90 Å². The Morgan fingerprint density at radius 3 is 2.33 bits per heavy atom. The van der Waals surface area contributed by atoms with Crippen LogP contribution in [0.5, 0.6) is 5.75 Å². The fourth-order valence-corrected chi connectivity index (χ4v) is 6.08. The molecular weight excluding hydrogens is 542 g/mol. The molecule has 0 unspecified atom stereocenters. The number of ether oxygens (including phenoxy) is 2. The average Bonchev–Trinajstić information content (AvgIpc) is 3.19. The summed E-state index contributed by atoms with van der Waals surface area (Å²) >= 11 is 12.9. The van der Waals surface area contributed by atoms with Crippen molar-refractivity contribution in [2.45, 2.75) is 4.90 Å². The molecule has 3 aromatic carbocycles. The monoisotopic (exact) mass is 561 g/mol. The summed E-state index contributed by atoms with van der Waals surface area (Å²) in [6.07, 6.45) is 0. The number of halogens is 1. The lowest BCUT2D eigenvalue weighted by Crippen LogP contribution is -2.19. The number of nitrogens with one attached hydrogen (secondary N) is 3. The van der Waals surface area contributed by atoms with Crippen LogP contribution < -0.4 is 20.1 Å². The van der Waals surface area contributed by atoms with Crippen LogP contribution in [0.15, 0.2) is 71.6 Å². The van der Waals surface area contributed by atoms with Gasteiger partial charge in [-0.3, -0.25) is 4.72 Å². The summed E-state index contributed by atoms with van der Waals surface area (Å²) in [5.74, 6) is -0.0724. The molecule has 36 heavy (non-hydrogen) atoms. The number of carbonyl (C=O) groups excluding carboxylic acids is 1. The van der Waals surface area contributed by atoms with Crippen molar-refractivity contribution >= 4 is 83.4 Å². The molecule has 0 aliphatic heterocycles. The molecule has 0 fully saturated rings. The van der Waals surface area contributed by atoms with Crippen molar-refractivity contribution in [2.75, 3.05) is 29.6 Å². The Morgan fingerprint density at radius 2 is 1.64 bits per heavy atom. The highest BCUT2D eigenvalue weighted by Crippen LogP contribution is 2.37. The van der Waals surface area contributed by atoms with Gasteiger partial charge in [-0.1, -0.05) is 23.7 Å². The molecule has 0 spiro atoms. The topological polar surface area (TPSA) is 106 Å². The van der Waals surface area contributed by atoms with Crippen LogP contribution in [0.4, 0.5) is 17.1 Å². The second-order valence-corrected chi connectivity index (χ2v) is 10.9. The van der Waals surface area contributed by atoms with Crippen LogP contribution in [0.1, 0.15) is 9.67 Å². The van der Waals surface area contributed by atoms with Crippen LogP contribution in [0.25, 0.3) is 10.1 Å². The molecule has 0 saturated heterocycles. The van der Waals surface area contributed by atoms with E-state index in [9.17, 15) is 13.2 Å². The van der Waals surface area contributed by atoms with Crippen molar-refractivity contribution in [1.82, 2.24) is 0 Å². The largest absolute Gasteiger partial charge is 0.495 e. The zero-order chi connectivity index (χ0) is 25.9. The van der Waals surface area contributed by atoms with E-state index in [1.165, 1.54) is 37.7 Å². The standard InChI is InChI=1S/C24H20ClN3O5S3/c1-32-19-6-4-3-5-18(19)28-36(30,31)16-10-7-14(8-11-16)26-24(34)27-15-9-12-17-20(13-15)35-22(21(17)25)23(29)33-2/h3-13,28H,1-2H3,(H2,26,27,34). The number of methoxy groups -OCH3 is 2. The number of hydrogen-bond acceptors (Lipinski definition) is 7. The molecule has 3 N–H and O–H groups in total. The number of fused-ring (bicyclic) bond motifs is 1. The maximum Gasteiger partial charge on any atom is 0.349 e. The predicted octanol–water partition coefficient (Wildman–Crippen LogP) is 5.96. The molecule has 1 aromatic heterocycles. The normalized spacial score (nSPS) is 11.1. The Hall–Kier alpha value is -3.38. The third-order valence-corrected chi connectivity index (χ3v) is 8.25. The van der Waals surface area contributed by atoms with E-state index < -0.39 is 16.0 Å². The minimum atomic E-state index is -3.82. The third kappa shape index (κ3) is 5.54. The van der Waals surface area contributed by atoms with Gasteiger partial charge in [-0.15, -0.1) is 11.3 Å². The summed E-state index contributed by atoms with van der Waals surface area (Å²) < 4.78 is 38.8. The van der Waals surface area contributed by atoms with E-state index in [1.807, 2.05) is 6.07 Å². The minimum Gasteiger partial charge on any atom is -0.495 e. The Labute approximate surface area is 222 Å². The summed E-state index contributed by atoms with van der Waals surface area (Å²) in [6, 6.07) is 18.3. The number of sulfonamides is 1. The highest BCUT2D eigenvalue weighted by Gasteiger charge is 2.18. The van der Waals surface area contributed by atoms with E-state index in [1.54, 1.807) is 48.5 Å². The number of rotatable bonds is 7. The molecule has 0 atom stereocenters. The molecule has 0 saturated carbocycles. The molecule has 0 aliphatic rings. The molecule has 4 rings (SSSR count). The Kier molecular flexibility index (Phi) is 7.65. The molecule has 0 amide bonds. The van der Waals surface area contributed by atoms with Crippen molar-refractivity contribution < 1.29 is 22.7 Å². The van der Waals surface area contributed by atoms with Gasteiger partial charge in [0.2, 0.25) is 0 Å². The number of anilines is 3. The predicted molar refractivity (Wildman–Crippen MR) is 148 cm³/mol. The first-order valence-electron chi connectivity index (χ1n) is 10.4. The number of carbonyl (C=O) groups is 1. The van der Waals surface area contributed by atoms with Gasteiger partial charge in [0.15, 0.2) is 5.11 Å². The highest BCUT2D eigenvalue weighted by atomic mass is 35.5. The summed E-state index contributed by atoms with van der Waals surface area (Å²) in [6.45, 7) is 0. The molecule has 0 bridgehead atoms. The van der Waals surface area contributed by atoms with E-state index >= 15 is 0 Å². The zero-order valence-electron chi connectivity index (χ0n) is 19.0. The van der Waals surface area contributed by atoms with Gasteiger partial charge in [0.05, 0.1) is 29.8 Å². The number of hydrogen-bond donors (Lipinski definition) is 3. The molecule has 186 valence electrons.